The van der Waals surface area contributed by atoms with Crippen molar-refractivity contribution in [2.45, 2.75) is 70.3 Å². The molecule has 1 aromatic heterocycles. The third-order valence-corrected chi connectivity index (χ3v) is 6.37. The Bertz CT molecular complexity index is 1160. The zero-order valence-corrected chi connectivity index (χ0v) is 21.6. The molecule has 208 valence electrons. The second-order valence-electron chi connectivity index (χ2n) is 9.33. The lowest BCUT2D eigenvalue weighted by atomic mass is 9.99. The Kier molecular flexibility index (Phi) is 10.8. The van der Waals surface area contributed by atoms with E-state index in [0.29, 0.717) is 12.0 Å². The minimum Gasteiger partial charge on any atom is -0.480 e. The van der Waals surface area contributed by atoms with Gasteiger partial charge in [0.1, 0.15) is 18.1 Å². The standard InChI is InChI=1S/C25H36N6O7/c1-4-12(2)20(27)23(35)29-17(10-19(26)33)22(34)31-21(13(3)32)24(36)30-18(25(37)38)9-14-11-28-16-8-6-5-7-15(14)16/h5-8,11-13,17-18,20-21,28,32H,4,9-10,27H2,1-3H3,(H2,26,33)(H,29,35)(H,30,36)(H,31,34)(H,37,38). The lowest BCUT2D eigenvalue weighted by molar-refractivity contribution is -0.143. The number of carboxylic acid groups (broad SMARTS) is 1. The summed E-state index contributed by atoms with van der Waals surface area (Å²) in [6, 6.07) is 1.85. The van der Waals surface area contributed by atoms with E-state index in [4.69, 9.17) is 11.5 Å². The van der Waals surface area contributed by atoms with E-state index in [2.05, 4.69) is 20.9 Å². The van der Waals surface area contributed by atoms with Gasteiger partial charge in [-0.1, -0.05) is 38.5 Å². The van der Waals surface area contributed by atoms with Crippen LogP contribution in [0.1, 0.15) is 39.2 Å². The van der Waals surface area contributed by atoms with Gasteiger partial charge in [0, 0.05) is 23.5 Å². The number of aliphatic hydroxyl groups is 1. The third-order valence-electron chi connectivity index (χ3n) is 6.37. The number of nitrogens with two attached hydrogens (primary N) is 2. The van der Waals surface area contributed by atoms with E-state index < -0.39 is 66.3 Å². The summed E-state index contributed by atoms with van der Waals surface area (Å²) in [5.74, 6) is -5.07. The second-order valence-corrected chi connectivity index (χ2v) is 9.33. The summed E-state index contributed by atoms with van der Waals surface area (Å²) in [6.07, 6.45) is 0.127. The Balaban J connectivity index is 2.16. The smallest absolute Gasteiger partial charge is 0.326 e. The number of carbonyl (C=O) groups is 5. The van der Waals surface area contributed by atoms with Gasteiger partial charge in [0.05, 0.1) is 18.6 Å². The summed E-state index contributed by atoms with van der Waals surface area (Å²) in [5.41, 5.74) is 12.6. The number of aliphatic hydroxyl groups excluding tert-OH is 1. The minimum atomic E-state index is -1.59. The molecule has 13 heteroatoms. The molecule has 2 rings (SSSR count). The van der Waals surface area contributed by atoms with Crippen LogP contribution in [0, 0.1) is 5.92 Å². The number of carboxylic acids is 1. The highest BCUT2D eigenvalue weighted by molar-refractivity contribution is 5.96. The summed E-state index contributed by atoms with van der Waals surface area (Å²) in [5, 5.41) is 27.7. The van der Waals surface area contributed by atoms with Gasteiger partial charge in [-0.05, 0) is 24.5 Å². The number of fused-ring (bicyclic) bond motifs is 1. The van der Waals surface area contributed by atoms with E-state index in [1.165, 1.54) is 6.92 Å². The minimum absolute atomic E-state index is 0.0700. The maximum Gasteiger partial charge on any atom is 0.326 e. The van der Waals surface area contributed by atoms with Crippen LogP contribution in [0.15, 0.2) is 30.5 Å². The molecule has 0 spiro atoms. The number of amides is 4. The SMILES string of the molecule is CCC(C)C(N)C(=O)NC(CC(N)=O)C(=O)NC(C(=O)NC(Cc1c[nH]c2ccccc12)C(=O)O)C(C)O. The summed E-state index contributed by atoms with van der Waals surface area (Å²) in [6.45, 7) is 4.80. The molecule has 0 saturated heterocycles. The number of hydrogen-bond acceptors (Lipinski definition) is 7. The Morgan fingerprint density at radius 1 is 0.974 bits per heavy atom. The van der Waals surface area contributed by atoms with E-state index in [-0.39, 0.29) is 12.3 Å². The first-order valence-electron chi connectivity index (χ1n) is 12.3. The molecule has 2 aromatic rings. The van der Waals surface area contributed by atoms with Gasteiger partial charge in [0.15, 0.2) is 0 Å². The highest BCUT2D eigenvalue weighted by Gasteiger charge is 2.34. The second kappa shape index (κ2) is 13.5. The Labute approximate surface area is 219 Å². The predicted molar refractivity (Wildman–Crippen MR) is 138 cm³/mol. The first-order valence-corrected chi connectivity index (χ1v) is 12.3. The molecule has 4 amide bonds. The number of aromatic amines is 1. The van der Waals surface area contributed by atoms with Gasteiger partial charge in [-0.3, -0.25) is 19.2 Å². The fourth-order valence-corrected chi connectivity index (χ4v) is 3.83. The molecule has 0 radical (unpaired) electrons. The number of aromatic nitrogens is 1. The predicted octanol–water partition coefficient (Wildman–Crippen LogP) is -1.12. The average molecular weight is 533 g/mol. The van der Waals surface area contributed by atoms with Crippen molar-refractivity contribution in [3.8, 4) is 0 Å². The van der Waals surface area contributed by atoms with Crippen molar-refractivity contribution in [2.24, 2.45) is 17.4 Å². The van der Waals surface area contributed by atoms with Gasteiger partial charge in [-0.15, -0.1) is 0 Å². The number of aliphatic carboxylic acids is 1. The average Bonchev–Trinajstić information content (AvgIpc) is 3.27. The quantitative estimate of drug-likeness (QED) is 0.148. The highest BCUT2D eigenvalue weighted by atomic mass is 16.4. The molecule has 0 aliphatic carbocycles. The van der Waals surface area contributed by atoms with Crippen LogP contribution in [-0.4, -0.2) is 75.1 Å². The van der Waals surface area contributed by atoms with E-state index >= 15 is 0 Å². The molecule has 6 atom stereocenters. The van der Waals surface area contributed by atoms with Crippen molar-refractivity contribution < 1.29 is 34.2 Å². The molecule has 1 heterocycles. The van der Waals surface area contributed by atoms with Crippen molar-refractivity contribution in [1.82, 2.24) is 20.9 Å². The summed E-state index contributed by atoms with van der Waals surface area (Å²) in [7, 11) is 0. The van der Waals surface area contributed by atoms with Gasteiger partial charge in [0.2, 0.25) is 23.6 Å². The fraction of sp³-hybridized carbons (Fsp3) is 0.480. The van der Waals surface area contributed by atoms with E-state index in [9.17, 15) is 34.2 Å². The van der Waals surface area contributed by atoms with Crippen molar-refractivity contribution in [2.75, 3.05) is 0 Å². The van der Waals surface area contributed by atoms with Crippen LogP contribution < -0.4 is 27.4 Å². The van der Waals surface area contributed by atoms with E-state index in [0.717, 1.165) is 10.9 Å². The largest absolute Gasteiger partial charge is 0.480 e. The Morgan fingerprint density at radius 3 is 2.18 bits per heavy atom. The van der Waals surface area contributed by atoms with Crippen LogP contribution in [0.25, 0.3) is 10.9 Å². The van der Waals surface area contributed by atoms with Crippen molar-refractivity contribution in [3.63, 3.8) is 0 Å². The number of H-pyrrole nitrogens is 1. The van der Waals surface area contributed by atoms with Crippen LogP contribution in [-0.2, 0) is 30.4 Å². The molecular weight excluding hydrogens is 496 g/mol. The summed E-state index contributed by atoms with van der Waals surface area (Å²) in [4.78, 5) is 64.9. The summed E-state index contributed by atoms with van der Waals surface area (Å²) < 4.78 is 0. The van der Waals surface area contributed by atoms with Crippen LogP contribution >= 0.6 is 0 Å². The number of primary amides is 1. The number of para-hydroxylation sites is 1. The number of rotatable bonds is 14. The van der Waals surface area contributed by atoms with E-state index in [1.807, 2.05) is 19.1 Å². The third kappa shape index (κ3) is 8.02. The molecule has 0 bridgehead atoms. The van der Waals surface area contributed by atoms with Crippen molar-refractivity contribution in [3.05, 3.63) is 36.0 Å². The topological polar surface area (TPSA) is 230 Å². The molecule has 13 nitrogen and oxygen atoms in total. The monoisotopic (exact) mass is 532 g/mol. The number of carbonyl (C=O) groups excluding carboxylic acids is 4. The molecule has 10 N–H and O–H groups in total. The van der Waals surface area contributed by atoms with Crippen LogP contribution in [0.4, 0.5) is 0 Å². The van der Waals surface area contributed by atoms with Gasteiger partial charge >= 0.3 is 5.97 Å². The highest BCUT2D eigenvalue weighted by Crippen LogP contribution is 2.19. The molecule has 0 saturated carbocycles. The van der Waals surface area contributed by atoms with E-state index in [1.54, 1.807) is 25.3 Å². The zero-order chi connectivity index (χ0) is 28.6. The van der Waals surface area contributed by atoms with Crippen LogP contribution in [0.5, 0.6) is 0 Å². The molecule has 0 aliphatic heterocycles. The number of hydrogen-bond donors (Lipinski definition) is 8. The Morgan fingerprint density at radius 2 is 1.61 bits per heavy atom. The maximum atomic E-state index is 13.0. The van der Waals surface area contributed by atoms with Gasteiger partial charge in [-0.2, -0.15) is 0 Å². The first-order chi connectivity index (χ1) is 17.8. The molecule has 0 fully saturated rings. The molecule has 0 aliphatic rings. The zero-order valence-electron chi connectivity index (χ0n) is 21.6. The maximum absolute atomic E-state index is 13.0. The van der Waals surface area contributed by atoms with Gasteiger partial charge < -0.3 is 42.6 Å². The van der Waals surface area contributed by atoms with Gasteiger partial charge in [0.25, 0.3) is 0 Å². The Hall–Kier alpha value is -3.97. The lowest BCUT2D eigenvalue weighted by Crippen LogP contribution is -2.60. The molecular formula is C25H36N6O7. The molecule has 38 heavy (non-hydrogen) atoms. The number of nitrogens with one attached hydrogen (secondary N) is 4. The summed E-state index contributed by atoms with van der Waals surface area (Å²) >= 11 is 0. The van der Waals surface area contributed by atoms with Crippen molar-refractivity contribution >= 4 is 40.5 Å². The lowest BCUT2D eigenvalue weighted by Gasteiger charge is -2.26. The fourth-order valence-electron chi connectivity index (χ4n) is 3.83. The normalized spacial score (nSPS) is 15.9. The van der Waals surface area contributed by atoms with Crippen molar-refractivity contribution in [1.29, 1.82) is 0 Å². The first kappa shape index (κ1) is 30.3. The van der Waals surface area contributed by atoms with Crippen LogP contribution in [0.2, 0.25) is 0 Å². The molecule has 6 unspecified atom stereocenters. The number of benzene rings is 1. The van der Waals surface area contributed by atoms with Crippen LogP contribution in [0.3, 0.4) is 0 Å². The molecule has 1 aromatic carbocycles. The van der Waals surface area contributed by atoms with Gasteiger partial charge in [-0.25, -0.2) is 4.79 Å².